The van der Waals surface area contributed by atoms with Gasteiger partial charge in [0.2, 0.25) is 0 Å². The van der Waals surface area contributed by atoms with E-state index in [0.717, 1.165) is 32.4 Å². The van der Waals surface area contributed by atoms with Crippen LogP contribution < -0.4 is 5.43 Å². The third kappa shape index (κ3) is 2.39. The van der Waals surface area contributed by atoms with Crippen molar-refractivity contribution in [3.05, 3.63) is 82.1 Å². The number of aromatic amines is 1. The molecule has 23 heavy (non-hydrogen) atoms. The van der Waals surface area contributed by atoms with Crippen molar-refractivity contribution in [2.24, 2.45) is 5.10 Å². The van der Waals surface area contributed by atoms with Gasteiger partial charge >= 0.3 is 0 Å². The summed E-state index contributed by atoms with van der Waals surface area (Å²) in [4.78, 5) is 15.1. The van der Waals surface area contributed by atoms with Gasteiger partial charge in [0.05, 0.1) is 5.71 Å². The average molecular weight is 366 g/mol. The van der Waals surface area contributed by atoms with Crippen molar-refractivity contribution in [3.63, 3.8) is 0 Å². The second kappa shape index (κ2) is 5.52. The Hall–Kier alpha value is -2.66. The van der Waals surface area contributed by atoms with Crippen LogP contribution >= 0.6 is 15.9 Å². The predicted molar refractivity (Wildman–Crippen MR) is 93.5 cm³/mol. The number of carbonyl (C=O) groups is 1. The lowest BCUT2D eigenvalue weighted by molar-refractivity contribution is 0.0950. The Morgan fingerprint density at radius 1 is 0.957 bits per heavy atom. The van der Waals surface area contributed by atoms with Gasteiger partial charge in [0.15, 0.2) is 0 Å². The molecule has 1 aliphatic rings. The molecule has 0 atom stereocenters. The van der Waals surface area contributed by atoms with Gasteiger partial charge in [-0.05, 0) is 33.1 Å². The zero-order valence-corrected chi connectivity index (χ0v) is 13.6. The quantitative estimate of drug-likeness (QED) is 0.519. The number of benzene rings is 2. The van der Waals surface area contributed by atoms with Gasteiger partial charge in [0.25, 0.3) is 5.91 Å². The summed E-state index contributed by atoms with van der Waals surface area (Å²) in [5, 5.41) is 4.37. The first-order valence-electron chi connectivity index (χ1n) is 7.15. The van der Waals surface area contributed by atoms with Gasteiger partial charge in [-0.2, -0.15) is 5.10 Å². The largest absolute Gasteiger partial charge is 0.356 e. The number of fused-ring (bicyclic) bond motifs is 3. The summed E-state index contributed by atoms with van der Waals surface area (Å²) in [5.74, 6) is -0.273. The van der Waals surface area contributed by atoms with E-state index in [4.69, 9.17) is 0 Å². The van der Waals surface area contributed by atoms with Crippen LogP contribution in [0.2, 0.25) is 0 Å². The van der Waals surface area contributed by atoms with E-state index in [1.165, 1.54) is 0 Å². The first-order valence-corrected chi connectivity index (χ1v) is 7.94. The van der Waals surface area contributed by atoms with E-state index in [1.54, 1.807) is 12.3 Å². The number of nitrogens with one attached hydrogen (secondary N) is 2. The monoisotopic (exact) mass is 365 g/mol. The van der Waals surface area contributed by atoms with E-state index >= 15 is 0 Å². The maximum absolute atomic E-state index is 12.2. The van der Waals surface area contributed by atoms with Crippen molar-refractivity contribution in [3.8, 4) is 11.1 Å². The van der Waals surface area contributed by atoms with E-state index in [1.807, 2.05) is 36.4 Å². The van der Waals surface area contributed by atoms with Gasteiger partial charge in [-0.25, -0.2) is 5.43 Å². The third-order valence-electron chi connectivity index (χ3n) is 3.82. The number of nitrogens with zero attached hydrogens (tertiary/aromatic N) is 1. The second-order valence-corrected chi connectivity index (χ2v) is 6.14. The SMILES string of the molecule is O=C(NN=C1c2ccccc2-c2ccccc21)c1cc(Br)c[nH]1. The Labute approximate surface area is 141 Å². The first kappa shape index (κ1) is 14.0. The van der Waals surface area contributed by atoms with Crippen molar-refractivity contribution in [2.75, 3.05) is 0 Å². The molecule has 4 rings (SSSR count). The summed E-state index contributed by atoms with van der Waals surface area (Å²) in [7, 11) is 0. The standard InChI is InChI=1S/C18H12BrN3O/c19-11-9-16(20-10-11)18(23)22-21-17-14-7-3-1-5-12(14)13-6-2-4-8-15(13)17/h1-10,20H,(H,22,23). The molecular formula is C18H12BrN3O. The normalized spacial score (nSPS) is 11.8. The molecule has 5 heteroatoms. The number of halogens is 1. The summed E-state index contributed by atoms with van der Waals surface area (Å²) < 4.78 is 0.826. The summed E-state index contributed by atoms with van der Waals surface area (Å²) >= 11 is 3.31. The lowest BCUT2D eigenvalue weighted by Crippen LogP contribution is -2.20. The van der Waals surface area contributed by atoms with E-state index in [0.29, 0.717) is 5.69 Å². The number of H-pyrrole nitrogens is 1. The van der Waals surface area contributed by atoms with E-state index in [2.05, 4.69) is 43.6 Å². The van der Waals surface area contributed by atoms with Crippen molar-refractivity contribution in [2.45, 2.75) is 0 Å². The minimum Gasteiger partial charge on any atom is -0.356 e. The topological polar surface area (TPSA) is 57.2 Å². The Morgan fingerprint density at radius 2 is 1.52 bits per heavy atom. The Bertz CT molecular complexity index is 895. The molecule has 112 valence electrons. The van der Waals surface area contributed by atoms with Gasteiger partial charge in [0, 0.05) is 21.8 Å². The molecule has 1 aliphatic carbocycles. The van der Waals surface area contributed by atoms with Crippen LogP contribution in [0.3, 0.4) is 0 Å². The molecule has 1 aromatic heterocycles. The van der Waals surface area contributed by atoms with Crippen LogP contribution in [-0.2, 0) is 0 Å². The third-order valence-corrected chi connectivity index (χ3v) is 4.27. The molecule has 3 aromatic rings. The van der Waals surface area contributed by atoms with Crippen molar-refractivity contribution in [1.29, 1.82) is 0 Å². The fourth-order valence-electron chi connectivity index (χ4n) is 2.78. The summed E-state index contributed by atoms with van der Waals surface area (Å²) in [6.45, 7) is 0. The maximum Gasteiger partial charge on any atom is 0.287 e. The number of amides is 1. The molecule has 0 fully saturated rings. The van der Waals surface area contributed by atoms with Gasteiger partial charge in [-0.1, -0.05) is 48.5 Å². The van der Waals surface area contributed by atoms with E-state index < -0.39 is 0 Å². The second-order valence-electron chi connectivity index (χ2n) is 5.22. The van der Waals surface area contributed by atoms with Crippen LogP contribution in [0.15, 0.2) is 70.4 Å². The van der Waals surface area contributed by atoms with E-state index in [9.17, 15) is 4.79 Å². The molecule has 4 nitrogen and oxygen atoms in total. The summed E-state index contributed by atoms with van der Waals surface area (Å²) in [5.41, 5.74) is 8.21. The fraction of sp³-hybridized carbons (Fsp3) is 0. The van der Waals surface area contributed by atoms with Crippen LogP contribution in [0.25, 0.3) is 11.1 Å². The fourth-order valence-corrected chi connectivity index (χ4v) is 3.12. The lowest BCUT2D eigenvalue weighted by Gasteiger charge is -2.02. The number of hydrazone groups is 1. The number of hydrogen-bond donors (Lipinski definition) is 2. The van der Waals surface area contributed by atoms with Crippen molar-refractivity contribution in [1.82, 2.24) is 10.4 Å². The molecule has 0 unspecified atom stereocenters. The molecule has 1 heterocycles. The minimum absolute atomic E-state index is 0.273. The van der Waals surface area contributed by atoms with Crippen LogP contribution in [0.1, 0.15) is 21.6 Å². The number of aromatic nitrogens is 1. The molecule has 2 aromatic carbocycles. The number of hydrogen-bond acceptors (Lipinski definition) is 2. The van der Waals surface area contributed by atoms with Crippen molar-refractivity contribution >= 4 is 27.5 Å². The number of carbonyl (C=O) groups excluding carboxylic acids is 1. The zero-order valence-electron chi connectivity index (χ0n) is 12.0. The lowest BCUT2D eigenvalue weighted by atomic mass is 10.1. The molecule has 0 radical (unpaired) electrons. The highest BCUT2D eigenvalue weighted by Gasteiger charge is 2.24. The van der Waals surface area contributed by atoms with Crippen molar-refractivity contribution < 1.29 is 4.79 Å². The Kier molecular flexibility index (Phi) is 3.35. The molecule has 0 bridgehead atoms. The van der Waals surface area contributed by atoms with Crippen LogP contribution in [0, 0.1) is 0 Å². The predicted octanol–water partition coefficient (Wildman–Crippen LogP) is 3.94. The van der Waals surface area contributed by atoms with Gasteiger partial charge < -0.3 is 4.98 Å². The number of rotatable bonds is 2. The van der Waals surface area contributed by atoms with Gasteiger partial charge in [0.1, 0.15) is 5.69 Å². The van der Waals surface area contributed by atoms with Gasteiger partial charge in [-0.3, -0.25) is 4.79 Å². The molecule has 0 aliphatic heterocycles. The highest BCUT2D eigenvalue weighted by Crippen LogP contribution is 2.36. The molecule has 1 amide bonds. The van der Waals surface area contributed by atoms with Crippen LogP contribution in [-0.4, -0.2) is 16.6 Å². The molecule has 2 N–H and O–H groups in total. The van der Waals surface area contributed by atoms with Crippen LogP contribution in [0.5, 0.6) is 0 Å². The summed E-state index contributed by atoms with van der Waals surface area (Å²) in [6.07, 6.45) is 1.71. The molecule has 0 saturated carbocycles. The minimum atomic E-state index is -0.273. The van der Waals surface area contributed by atoms with Crippen LogP contribution in [0.4, 0.5) is 0 Å². The first-order chi connectivity index (χ1) is 11.2. The average Bonchev–Trinajstić information content (AvgIpc) is 3.15. The van der Waals surface area contributed by atoms with Gasteiger partial charge in [-0.15, -0.1) is 0 Å². The molecule has 0 saturated heterocycles. The molecule has 0 spiro atoms. The smallest absolute Gasteiger partial charge is 0.287 e. The van der Waals surface area contributed by atoms with E-state index in [-0.39, 0.29) is 5.91 Å². The Balaban J connectivity index is 1.72. The highest BCUT2D eigenvalue weighted by molar-refractivity contribution is 9.10. The summed E-state index contributed by atoms with van der Waals surface area (Å²) in [6, 6.07) is 17.9. The maximum atomic E-state index is 12.2. The Morgan fingerprint density at radius 3 is 2.04 bits per heavy atom. The zero-order chi connectivity index (χ0) is 15.8. The highest BCUT2D eigenvalue weighted by atomic mass is 79.9. The molecular weight excluding hydrogens is 354 g/mol.